The summed E-state index contributed by atoms with van der Waals surface area (Å²) in [6.07, 6.45) is 1.45. The van der Waals surface area contributed by atoms with Gasteiger partial charge in [-0.3, -0.25) is 0 Å². The molecule has 0 unspecified atom stereocenters. The molecule has 0 bridgehead atoms. The molecule has 20 heavy (non-hydrogen) atoms. The third kappa shape index (κ3) is 2.18. The van der Waals surface area contributed by atoms with E-state index in [9.17, 15) is 8.78 Å². The average molecular weight is 272 g/mol. The van der Waals surface area contributed by atoms with Gasteiger partial charge in [0, 0.05) is 5.56 Å². The summed E-state index contributed by atoms with van der Waals surface area (Å²) in [6, 6.07) is 9.71. The third-order valence-corrected chi connectivity index (χ3v) is 2.93. The number of ether oxygens (including phenoxy) is 1. The van der Waals surface area contributed by atoms with Crippen molar-refractivity contribution in [3.05, 3.63) is 59.8 Å². The molecule has 0 saturated carbocycles. The van der Waals surface area contributed by atoms with E-state index in [2.05, 4.69) is 9.97 Å². The Bertz CT molecular complexity index is 790. The highest BCUT2D eigenvalue weighted by Crippen LogP contribution is 2.27. The SMILES string of the molecule is Cc1c(Oc2cnc3ccccc3n2)ccc(F)c1F. The van der Waals surface area contributed by atoms with Crippen molar-refractivity contribution in [3.63, 3.8) is 0 Å². The van der Waals surface area contributed by atoms with Gasteiger partial charge < -0.3 is 4.74 Å². The molecule has 100 valence electrons. The lowest BCUT2D eigenvalue weighted by Crippen LogP contribution is -1.96. The van der Waals surface area contributed by atoms with Crippen LogP contribution in [0.4, 0.5) is 8.78 Å². The van der Waals surface area contributed by atoms with E-state index in [1.54, 1.807) is 6.07 Å². The Hall–Kier alpha value is -2.56. The first-order chi connectivity index (χ1) is 9.65. The predicted molar refractivity (Wildman–Crippen MR) is 70.7 cm³/mol. The molecule has 0 N–H and O–H groups in total. The van der Waals surface area contributed by atoms with Crippen LogP contribution in [0.2, 0.25) is 0 Å². The van der Waals surface area contributed by atoms with Crippen molar-refractivity contribution in [1.29, 1.82) is 0 Å². The number of nitrogens with zero attached hydrogens (tertiary/aromatic N) is 2. The summed E-state index contributed by atoms with van der Waals surface area (Å²) in [5.74, 6) is -1.37. The molecule has 5 heteroatoms. The highest BCUT2D eigenvalue weighted by Gasteiger charge is 2.12. The fourth-order valence-corrected chi connectivity index (χ4v) is 1.85. The highest BCUT2D eigenvalue weighted by atomic mass is 19.2. The van der Waals surface area contributed by atoms with Gasteiger partial charge in [0.2, 0.25) is 5.88 Å². The molecule has 0 fully saturated rings. The Morgan fingerprint density at radius 3 is 2.55 bits per heavy atom. The molecule has 3 aromatic rings. The Kier molecular flexibility index (Phi) is 3.02. The number of halogens is 2. The number of rotatable bonds is 2. The molecule has 0 saturated heterocycles. The number of hydrogen-bond donors (Lipinski definition) is 0. The molecule has 1 heterocycles. The Morgan fingerprint density at radius 2 is 1.75 bits per heavy atom. The Morgan fingerprint density at radius 1 is 1.00 bits per heavy atom. The standard InChI is InChI=1S/C15H10F2N2O/c1-9-13(7-6-10(16)15(9)17)20-14-8-18-11-4-2-3-5-12(11)19-14/h2-8H,1H3. The molecule has 0 aliphatic heterocycles. The maximum atomic E-state index is 13.5. The van der Waals surface area contributed by atoms with Gasteiger partial charge in [-0.05, 0) is 31.2 Å². The first-order valence-electron chi connectivity index (χ1n) is 5.99. The number of fused-ring (bicyclic) bond motifs is 1. The molecule has 0 radical (unpaired) electrons. The zero-order valence-electron chi connectivity index (χ0n) is 10.6. The lowest BCUT2D eigenvalue weighted by Gasteiger charge is -2.09. The third-order valence-electron chi connectivity index (χ3n) is 2.93. The molecule has 2 aromatic carbocycles. The summed E-state index contributed by atoms with van der Waals surface area (Å²) in [6.45, 7) is 1.45. The van der Waals surface area contributed by atoms with Crippen molar-refractivity contribution in [2.75, 3.05) is 0 Å². The van der Waals surface area contributed by atoms with Gasteiger partial charge in [0.15, 0.2) is 11.6 Å². The first kappa shape index (κ1) is 12.5. The summed E-state index contributed by atoms with van der Waals surface area (Å²) < 4.78 is 32.0. The molecule has 0 aliphatic carbocycles. The van der Waals surface area contributed by atoms with Crippen LogP contribution >= 0.6 is 0 Å². The minimum Gasteiger partial charge on any atom is -0.437 e. The second-order valence-electron chi connectivity index (χ2n) is 4.28. The van der Waals surface area contributed by atoms with Crippen LogP contribution in [-0.4, -0.2) is 9.97 Å². The summed E-state index contributed by atoms with van der Waals surface area (Å²) in [5.41, 5.74) is 1.51. The minimum absolute atomic E-state index is 0.0972. The Balaban J connectivity index is 1.99. The van der Waals surface area contributed by atoms with Crippen LogP contribution in [0, 0.1) is 18.6 Å². The summed E-state index contributed by atoms with van der Waals surface area (Å²) in [5, 5.41) is 0. The maximum Gasteiger partial charge on any atom is 0.238 e. The lowest BCUT2D eigenvalue weighted by molar-refractivity contribution is 0.441. The molecule has 0 atom stereocenters. The van der Waals surface area contributed by atoms with Gasteiger partial charge >= 0.3 is 0 Å². The van der Waals surface area contributed by atoms with Gasteiger partial charge in [0.25, 0.3) is 0 Å². The number of para-hydroxylation sites is 2. The second-order valence-corrected chi connectivity index (χ2v) is 4.28. The quantitative estimate of drug-likeness (QED) is 0.707. The van der Waals surface area contributed by atoms with E-state index in [1.807, 2.05) is 18.2 Å². The highest BCUT2D eigenvalue weighted by molar-refractivity contribution is 5.74. The van der Waals surface area contributed by atoms with Gasteiger partial charge in [-0.1, -0.05) is 12.1 Å². The number of benzene rings is 2. The molecule has 0 amide bonds. The zero-order chi connectivity index (χ0) is 14.1. The topological polar surface area (TPSA) is 35.0 Å². The lowest BCUT2D eigenvalue weighted by atomic mass is 10.2. The molecule has 3 rings (SSSR count). The van der Waals surface area contributed by atoms with E-state index in [0.717, 1.165) is 11.6 Å². The van der Waals surface area contributed by atoms with Gasteiger partial charge in [0.05, 0.1) is 17.2 Å². The molecule has 0 aliphatic rings. The van der Waals surface area contributed by atoms with E-state index < -0.39 is 11.6 Å². The predicted octanol–water partition coefficient (Wildman–Crippen LogP) is 4.01. The van der Waals surface area contributed by atoms with Crippen LogP contribution in [0.15, 0.2) is 42.6 Å². The van der Waals surface area contributed by atoms with Crippen LogP contribution in [0.5, 0.6) is 11.6 Å². The van der Waals surface area contributed by atoms with E-state index in [0.29, 0.717) is 5.52 Å². The van der Waals surface area contributed by atoms with Crippen molar-refractivity contribution < 1.29 is 13.5 Å². The molecular formula is C15H10F2N2O. The normalized spacial score (nSPS) is 10.8. The molecular weight excluding hydrogens is 262 g/mol. The van der Waals surface area contributed by atoms with Crippen molar-refractivity contribution in [1.82, 2.24) is 9.97 Å². The zero-order valence-corrected chi connectivity index (χ0v) is 10.6. The molecule has 3 nitrogen and oxygen atoms in total. The van der Waals surface area contributed by atoms with Gasteiger partial charge in [0.1, 0.15) is 5.75 Å². The van der Waals surface area contributed by atoms with Crippen molar-refractivity contribution in [3.8, 4) is 11.6 Å². The van der Waals surface area contributed by atoms with Crippen molar-refractivity contribution >= 4 is 11.0 Å². The van der Waals surface area contributed by atoms with Crippen LogP contribution in [-0.2, 0) is 0 Å². The fourth-order valence-electron chi connectivity index (χ4n) is 1.85. The smallest absolute Gasteiger partial charge is 0.238 e. The van der Waals surface area contributed by atoms with Crippen LogP contribution in [0.1, 0.15) is 5.56 Å². The number of hydrogen-bond acceptors (Lipinski definition) is 3. The van der Waals surface area contributed by atoms with E-state index in [4.69, 9.17) is 4.74 Å². The molecule has 1 aromatic heterocycles. The molecule has 0 spiro atoms. The van der Waals surface area contributed by atoms with Crippen LogP contribution < -0.4 is 4.74 Å². The van der Waals surface area contributed by atoms with Crippen molar-refractivity contribution in [2.24, 2.45) is 0 Å². The van der Waals surface area contributed by atoms with E-state index in [-0.39, 0.29) is 17.2 Å². The van der Waals surface area contributed by atoms with Crippen LogP contribution in [0.3, 0.4) is 0 Å². The first-order valence-corrected chi connectivity index (χ1v) is 5.99. The van der Waals surface area contributed by atoms with Crippen LogP contribution in [0.25, 0.3) is 11.0 Å². The monoisotopic (exact) mass is 272 g/mol. The average Bonchev–Trinajstić information content (AvgIpc) is 2.48. The van der Waals surface area contributed by atoms with Crippen molar-refractivity contribution in [2.45, 2.75) is 6.92 Å². The minimum atomic E-state index is -0.920. The largest absolute Gasteiger partial charge is 0.437 e. The summed E-state index contributed by atoms with van der Waals surface area (Å²) in [4.78, 5) is 8.45. The van der Waals surface area contributed by atoms with Gasteiger partial charge in [-0.25, -0.2) is 18.7 Å². The Labute approximate surface area is 113 Å². The maximum absolute atomic E-state index is 13.5. The number of aromatic nitrogens is 2. The second kappa shape index (κ2) is 4.85. The summed E-state index contributed by atoms with van der Waals surface area (Å²) >= 11 is 0. The summed E-state index contributed by atoms with van der Waals surface area (Å²) in [7, 11) is 0. The van der Waals surface area contributed by atoms with E-state index >= 15 is 0 Å². The fraction of sp³-hybridized carbons (Fsp3) is 0.0667. The van der Waals surface area contributed by atoms with Gasteiger partial charge in [-0.15, -0.1) is 0 Å². The van der Waals surface area contributed by atoms with Gasteiger partial charge in [-0.2, -0.15) is 0 Å². The van der Waals surface area contributed by atoms with E-state index in [1.165, 1.54) is 19.2 Å².